The molecule has 2 aliphatic rings. The normalized spacial score (nSPS) is 21.4. The van der Waals surface area contributed by atoms with Gasteiger partial charge in [0.15, 0.2) is 0 Å². The standard InChI is InChI=1S/C22H28N3O.3C4H9.Sn/c26-22-11-12-23(17-19-7-3-1-4-8-19)18-21(22)25-15-13-24(14-16-25)20-9-5-2-6-10-20;3*1-3-4-2;/h1-7,9-10,21-22,26H,11-18H2;3*1,3-4H2,2H3;/t21-,22-;;;;/m1..../s1. The minimum atomic E-state index is -2.51. The van der Waals surface area contributed by atoms with E-state index in [9.17, 15) is 5.11 Å². The Hall–Kier alpha value is -1.08. The van der Waals surface area contributed by atoms with Crippen molar-refractivity contribution in [3.8, 4) is 0 Å². The van der Waals surface area contributed by atoms with Crippen LogP contribution < -0.4 is 8.48 Å². The number of para-hydroxylation sites is 1. The van der Waals surface area contributed by atoms with Crippen LogP contribution >= 0.6 is 0 Å². The first-order valence-corrected chi connectivity index (χ1v) is 23.6. The number of nitrogens with zero attached hydrogens (tertiary/aromatic N) is 3. The van der Waals surface area contributed by atoms with Gasteiger partial charge in [-0.3, -0.25) is 0 Å². The molecule has 216 valence electrons. The number of hydrogen-bond acceptors (Lipinski definition) is 4. The van der Waals surface area contributed by atoms with E-state index in [-0.39, 0.29) is 12.1 Å². The third-order valence-electron chi connectivity index (χ3n) is 9.54. The van der Waals surface area contributed by atoms with Gasteiger partial charge >= 0.3 is 226 Å². The van der Waals surface area contributed by atoms with Gasteiger partial charge < -0.3 is 0 Å². The summed E-state index contributed by atoms with van der Waals surface area (Å²) >= 11 is -2.51. The summed E-state index contributed by atoms with van der Waals surface area (Å²) in [7, 11) is 0. The molecule has 4 rings (SSSR count). The van der Waals surface area contributed by atoms with Crippen molar-refractivity contribution < 1.29 is 5.11 Å². The predicted octanol–water partition coefficient (Wildman–Crippen LogP) is 6.50. The average Bonchev–Trinajstić information content (AvgIpc) is 2.99. The van der Waals surface area contributed by atoms with Crippen LogP contribution in [0.1, 0.15) is 71.3 Å². The summed E-state index contributed by atoms with van der Waals surface area (Å²) in [5.74, 6) is 0. The number of benzene rings is 2. The number of piperidine rings is 1. The Morgan fingerprint density at radius 1 is 0.744 bits per heavy atom. The second-order valence-corrected chi connectivity index (χ2v) is 25.4. The van der Waals surface area contributed by atoms with Gasteiger partial charge in [0.2, 0.25) is 0 Å². The van der Waals surface area contributed by atoms with Crippen molar-refractivity contribution >= 4 is 27.6 Å². The molecule has 0 saturated carbocycles. The van der Waals surface area contributed by atoms with Gasteiger partial charge in [0.05, 0.1) is 0 Å². The number of aliphatic hydroxyl groups excluding tert-OH is 1. The van der Waals surface area contributed by atoms with E-state index in [1.54, 1.807) is 5.56 Å². The van der Waals surface area contributed by atoms with Gasteiger partial charge in [-0.05, 0) is 0 Å². The van der Waals surface area contributed by atoms with E-state index < -0.39 is 18.4 Å². The molecule has 0 radical (unpaired) electrons. The molecule has 2 atom stereocenters. The first kappa shape index (κ1) is 30.9. The molecule has 0 aliphatic carbocycles. The van der Waals surface area contributed by atoms with Crippen LogP contribution in [0.5, 0.6) is 0 Å². The Kier molecular flexibility index (Phi) is 12.5. The van der Waals surface area contributed by atoms with Gasteiger partial charge in [-0.1, -0.05) is 18.2 Å². The number of unbranched alkanes of at least 4 members (excludes halogenated alkanes) is 3. The van der Waals surface area contributed by atoms with Gasteiger partial charge in [-0.25, -0.2) is 0 Å². The SMILES string of the molecule is CCC[CH2][Sn]([CH2]CCC)([CH2]CCC)[c]1ccccc1CN1CC[C@@H](O)[C@H](N2CCN(c3ccccc3)CC2)C1. The van der Waals surface area contributed by atoms with Crippen molar-refractivity contribution in [1.29, 1.82) is 0 Å². The van der Waals surface area contributed by atoms with Crippen molar-refractivity contribution in [2.75, 3.05) is 44.2 Å². The summed E-state index contributed by atoms with van der Waals surface area (Å²) in [5.41, 5.74) is 2.95. The second kappa shape index (κ2) is 15.8. The van der Waals surface area contributed by atoms with E-state index in [1.807, 2.05) is 3.58 Å². The summed E-state index contributed by atoms with van der Waals surface area (Å²) < 4.78 is 6.40. The third kappa shape index (κ3) is 8.24. The van der Waals surface area contributed by atoms with E-state index in [0.29, 0.717) is 0 Å². The Morgan fingerprint density at radius 3 is 1.95 bits per heavy atom. The molecule has 0 amide bonds. The predicted molar refractivity (Wildman–Crippen MR) is 171 cm³/mol. The van der Waals surface area contributed by atoms with E-state index in [0.717, 1.165) is 52.2 Å². The van der Waals surface area contributed by atoms with E-state index in [4.69, 9.17) is 0 Å². The zero-order chi connectivity index (χ0) is 27.5. The molecule has 2 aromatic rings. The van der Waals surface area contributed by atoms with Gasteiger partial charge in [0.25, 0.3) is 0 Å². The molecule has 0 aromatic heterocycles. The fourth-order valence-corrected chi connectivity index (χ4v) is 24.1. The molecule has 0 unspecified atom stereocenters. The number of piperazine rings is 1. The van der Waals surface area contributed by atoms with Crippen LogP contribution in [0, 0.1) is 0 Å². The van der Waals surface area contributed by atoms with E-state index >= 15 is 0 Å². The molecule has 39 heavy (non-hydrogen) atoms. The van der Waals surface area contributed by atoms with Crippen LogP contribution in [0.2, 0.25) is 13.3 Å². The van der Waals surface area contributed by atoms with Crippen molar-refractivity contribution in [3.05, 3.63) is 60.2 Å². The molecule has 4 nitrogen and oxygen atoms in total. The summed E-state index contributed by atoms with van der Waals surface area (Å²) in [6.45, 7) is 14.3. The molecule has 1 N–H and O–H groups in total. The van der Waals surface area contributed by atoms with Gasteiger partial charge in [-0.2, -0.15) is 0 Å². The van der Waals surface area contributed by atoms with E-state index in [2.05, 4.69) is 90.1 Å². The minimum absolute atomic E-state index is 0.211. The van der Waals surface area contributed by atoms with Crippen LogP contribution in [-0.2, 0) is 6.54 Å². The first-order valence-electron chi connectivity index (χ1n) is 16.1. The van der Waals surface area contributed by atoms with Crippen LogP contribution in [0.25, 0.3) is 0 Å². The topological polar surface area (TPSA) is 30.0 Å². The Bertz CT molecular complexity index is 940. The van der Waals surface area contributed by atoms with Crippen LogP contribution in [0.3, 0.4) is 0 Å². The van der Waals surface area contributed by atoms with Crippen LogP contribution in [0.15, 0.2) is 54.6 Å². The van der Waals surface area contributed by atoms with E-state index in [1.165, 1.54) is 57.5 Å². The summed E-state index contributed by atoms with van der Waals surface area (Å²) in [6.07, 6.45) is 8.87. The van der Waals surface area contributed by atoms with Gasteiger partial charge in [-0.15, -0.1) is 0 Å². The molecule has 5 heteroatoms. The summed E-state index contributed by atoms with van der Waals surface area (Å²) in [4.78, 5) is 7.75. The molecular weight excluding hydrogens is 585 g/mol. The molecule has 0 bridgehead atoms. The molecule has 2 aliphatic heterocycles. The quantitative estimate of drug-likeness (QED) is 0.239. The molecule has 2 heterocycles. The van der Waals surface area contributed by atoms with Crippen molar-refractivity contribution in [1.82, 2.24) is 9.80 Å². The van der Waals surface area contributed by atoms with Gasteiger partial charge in [0.1, 0.15) is 0 Å². The van der Waals surface area contributed by atoms with Crippen LogP contribution in [-0.4, -0.2) is 84.7 Å². The number of aliphatic hydroxyl groups is 1. The number of hydrogen-bond donors (Lipinski definition) is 1. The molecule has 2 fully saturated rings. The Labute approximate surface area is 243 Å². The number of anilines is 1. The molecular formula is C34H55N3OSn. The Balaban J connectivity index is 1.47. The van der Waals surface area contributed by atoms with Crippen molar-refractivity contribution in [2.45, 2.75) is 97.7 Å². The summed E-state index contributed by atoms with van der Waals surface area (Å²) in [6, 6.07) is 20.7. The Morgan fingerprint density at radius 2 is 1.33 bits per heavy atom. The van der Waals surface area contributed by atoms with Crippen molar-refractivity contribution in [3.63, 3.8) is 0 Å². The molecule has 2 saturated heterocycles. The maximum absolute atomic E-state index is 11.1. The maximum atomic E-state index is 11.1. The number of likely N-dealkylation sites (tertiary alicyclic amines) is 1. The molecule has 0 spiro atoms. The zero-order valence-electron chi connectivity index (χ0n) is 25.2. The second-order valence-electron chi connectivity index (χ2n) is 12.3. The monoisotopic (exact) mass is 641 g/mol. The first-order chi connectivity index (χ1) is 19.1. The molecule has 2 aromatic carbocycles. The van der Waals surface area contributed by atoms with Gasteiger partial charge in [0, 0.05) is 0 Å². The van der Waals surface area contributed by atoms with Crippen LogP contribution in [0.4, 0.5) is 5.69 Å². The van der Waals surface area contributed by atoms with Crippen molar-refractivity contribution in [2.24, 2.45) is 0 Å². The summed E-state index contributed by atoms with van der Waals surface area (Å²) in [5, 5.41) is 11.1. The average molecular weight is 641 g/mol. The fourth-order valence-electron chi connectivity index (χ4n) is 7.18. The fraction of sp³-hybridized carbons (Fsp3) is 0.647. The third-order valence-corrected chi connectivity index (χ3v) is 25.4. The number of rotatable bonds is 14. The zero-order valence-corrected chi connectivity index (χ0v) is 28.0.